The van der Waals surface area contributed by atoms with Crippen molar-refractivity contribution in [1.29, 1.82) is 0 Å². The molecular formula is C13H29N3S. The standard InChI is InChI=1S/C13H29N3S/c1-3-17-11-6-13(12-14)15(2)9-10-16-7-4-5-8-16/h13H,3-12,14H2,1-2H3. The zero-order chi connectivity index (χ0) is 12.5. The van der Waals surface area contributed by atoms with Crippen LogP contribution < -0.4 is 5.73 Å². The maximum Gasteiger partial charge on any atom is 0.0223 e. The van der Waals surface area contributed by atoms with Gasteiger partial charge in [-0.15, -0.1) is 0 Å². The molecule has 0 bridgehead atoms. The first-order valence-electron chi connectivity index (χ1n) is 6.98. The van der Waals surface area contributed by atoms with E-state index in [2.05, 4.69) is 23.8 Å². The Kier molecular flexibility index (Phi) is 8.27. The van der Waals surface area contributed by atoms with Crippen LogP contribution in [0.3, 0.4) is 0 Å². The van der Waals surface area contributed by atoms with Crippen molar-refractivity contribution in [3.8, 4) is 0 Å². The zero-order valence-electron chi connectivity index (χ0n) is 11.5. The van der Waals surface area contributed by atoms with Gasteiger partial charge in [0, 0.05) is 25.7 Å². The van der Waals surface area contributed by atoms with Crippen LogP contribution in [0.5, 0.6) is 0 Å². The van der Waals surface area contributed by atoms with E-state index in [-0.39, 0.29) is 0 Å². The third-order valence-corrected chi connectivity index (χ3v) is 4.60. The first-order valence-corrected chi connectivity index (χ1v) is 8.13. The number of likely N-dealkylation sites (N-methyl/N-ethyl adjacent to an activating group) is 1. The molecular weight excluding hydrogens is 230 g/mol. The molecule has 4 heteroatoms. The van der Waals surface area contributed by atoms with Crippen LogP contribution in [0.1, 0.15) is 26.2 Å². The van der Waals surface area contributed by atoms with E-state index in [1.54, 1.807) is 0 Å². The van der Waals surface area contributed by atoms with Gasteiger partial charge in [-0.25, -0.2) is 0 Å². The third-order valence-electron chi connectivity index (χ3n) is 3.66. The highest BCUT2D eigenvalue weighted by atomic mass is 32.2. The highest BCUT2D eigenvalue weighted by molar-refractivity contribution is 7.99. The Labute approximate surface area is 111 Å². The van der Waals surface area contributed by atoms with Crippen molar-refractivity contribution >= 4 is 11.8 Å². The van der Waals surface area contributed by atoms with Gasteiger partial charge in [-0.3, -0.25) is 0 Å². The second kappa shape index (κ2) is 9.20. The Balaban J connectivity index is 2.15. The van der Waals surface area contributed by atoms with E-state index in [9.17, 15) is 0 Å². The molecule has 17 heavy (non-hydrogen) atoms. The normalized spacial score (nSPS) is 19.1. The second-order valence-electron chi connectivity index (χ2n) is 4.90. The first-order chi connectivity index (χ1) is 8.27. The minimum atomic E-state index is 0.566. The van der Waals surface area contributed by atoms with Gasteiger partial charge in [0.15, 0.2) is 0 Å². The minimum absolute atomic E-state index is 0.566. The molecule has 0 saturated carbocycles. The van der Waals surface area contributed by atoms with Gasteiger partial charge in [0.25, 0.3) is 0 Å². The summed E-state index contributed by atoms with van der Waals surface area (Å²) in [6, 6.07) is 0.566. The van der Waals surface area contributed by atoms with Crippen LogP contribution in [0.15, 0.2) is 0 Å². The second-order valence-corrected chi connectivity index (χ2v) is 6.30. The number of nitrogens with zero attached hydrogens (tertiary/aromatic N) is 2. The van der Waals surface area contributed by atoms with Gasteiger partial charge in [0.1, 0.15) is 0 Å². The van der Waals surface area contributed by atoms with Crippen molar-refractivity contribution in [3.05, 3.63) is 0 Å². The van der Waals surface area contributed by atoms with Crippen molar-refractivity contribution < 1.29 is 0 Å². The average molecular weight is 259 g/mol. The summed E-state index contributed by atoms with van der Waals surface area (Å²) in [5.74, 6) is 2.46. The molecule has 1 heterocycles. The Hall–Kier alpha value is 0.230. The van der Waals surface area contributed by atoms with E-state index in [1.807, 2.05) is 11.8 Å². The fourth-order valence-corrected chi connectivity index (χ4v) is 3.10. The molecule has 1 saturated heterocycles. The van der Waals surface area contributed by atoms with Gasteiger partial charge in [-0.1, -0.05) is 6.92 Å². The number of hydrogen-bond donors (Lipinski definition) is 1. The van der Waals surface area contributed by atoms with Gasteiger partial charge >= 0.3 is 0 Å². The Morgan fingerprint density at radius 2 is 2.06 bits per heavy atom. The van der Waals surface area contributed by atoms with Crippen LogP contribution >= 0.6 is 11.8 Å². The molecule has 1 atom stereocenters. The van der Waals surface area contributed by atoms with Crippen LogP contribution in [0.4, 0.5) is 0 Å². The van der Waals surface area contributed by atoms with Gasteiger partial charge in [-0.2, -0.15) is 11.8 Å². The highest BCUT2D eigenvalue weighted by Gasteiger charge is 2.15. The van der Waals surface area contributed by atoms with E-state index in [4.69, 9.17) is 5.73 Å². The summed E-state index contributed by atoms with van der Waals surface area (Å²) >= 11 is 2.02. The number of thioether (sulfide) groups is 1. The molecule has 1 unspecified atom stereocenters. The van der Waals surface area contributed by atoms with Crippen molar-refractivity contribution in [1.82, 2.24) is 9.80 Å². The van der Waals surface area contributed by atoms with Gasteiger partial charge < -0.3 is 15.5 Å². The molecule has 102 valence electrons. The molecule has 1 fully saturated rings. The van der Waals surface area contributed by atoms with Crippen molar-refractivity contribution in [3.63, 3.8) is 0 Å². The molecule has 0 aromatic carbocycles. The molecule has 0 spiro atoms. The van der Waals surface area contributed by atoms with Gasteiger partial charge in [0.2, 0.25) is 0 Å². The molecule has 3 nitrogen and oxygen atoms in total. The quantitative estimate of drug-likeness (QED) is 0.636. The fourth-order valence-electron chi connectivity index (χ4n) is 2.37. The zero-order valence-corrected chi connectivity index (χ0v) is 12.3. The Morgan fingerprint density at radius 3 is 2.65 bits per heavy atom. The van der Waals surface area contributed by atoms with E-state index in [1.165, 1.54) is 56.9 Å². The van der Waals surface area contributed by atoms with E-state index >= 15 is 0 Å². The highest BCUT2D eigenvalue weighted by Crippen LogP contribution is 2.10. The Bertz CT molecular complexity index is 184. The maximum absolute atomic E-state index is 5.88. The maximum atomic E-state index is 5.88. The topological polar surface area (TPSA) is 32.5 Å². The van der Waals surface area contributed by atoms with Crippen molar-refractivity contribution in [2.45, 2.75) is 32.2 Å². The lowest BCUT2D eigenvalue weighted by atomic mass is 10.2. The van der Waals surface area contributed by atoms with Crippen LogP contribution in [0.2, 0.25) is 0 Å². The third kappa shape index (κ3) is 6.09. The summed E-state index contributed by atoms with van der Waals surface area (Å²) in [5.41, 5.74) is 5.88. The van der Waals surface area contributed by atoms with Crippen LogP contribution in [-0.2, 0) is 0 Å². The van der Waals surface area contributed by atoms with E-state index in [0.29, 0.717) is 6.04 Å². The predicted molar refractivity (Wildman–Crippen MR) is 78.8 cm³/mol. The molecule has 0 aromatic rings. The number of hydrogen-bond acceptors (Lipinski definition) is 4. The molecule has 1 aliphatic rings. The smallest absolute Gasteiger partial charge is 0.0223 e. The summed E-state index contributed by atoms with van der Waals surface area (Å²) in [4.78, 5) is 5.03. The van der Waals surface area contributed by atoms with Gasteiger partial charge in [0.05, 0.1) is 0 Å². The Morgan fingerprint density at radius 1 is 1.35 bits per heavy atom. The molecule has 0 amide bonds. The lowest BCUT2D eigenvalue weighted by Gasteiger charge is -2.28. The average Bonchev–Trinajstić information content (AvgIpc) is 2.85. The van der Waals surface area contributed by atoms with E-state index in [0.717, 1.165) is 6.54 Å². The van der Waals surface area contributed by atoms with Gasteiger partial charge in [-0.05, 0) is 50.9 Å². The largest absolute Gasteiger partial charge is 0.329 e. The van der Waals surface area contributed by atoms with Crippen LogP contribution in [0, 0.1) is 0 Å². The summed E-state index contributed by atoms with van der Waals surface area (Å²) in [6.07, 6.45) is 4.00. The van der Waals surface area contributed by atoms with E-state index < -0.39 is 0 Å². The van der Waals surface area contributed by atoms with Crippen LogP contribution in [-0.4, -0.2) is 67.1 Å². The SMILES string of the molecule is CCSCCC(CN)N(C)CCN1CCCC1. The molecule has 1 rings (SSSR count). The monoisotopic (exact) mass is 259 g/mol. The van der Waals surface area contributed by atoms with Crippen molar-refractivity contribution in [2.75, 3.05) is 51.3 Å². The van der Waals surface area contributed by atoms with Crippen molar-refractivity contribution in [2.24, 2.45) is 5.73 Å². The summed E-state index contributed by atoms with van der Waals surface area (Å²) in [6.45, 7) is 7.99. The predicted octanol–water partition coefficient (Wildman–Crippen LogP) is 1.48. The van der Waals surface area contributed by atoms with Crippen LogP contribution in [0.25, 0.3) is 0 Å². The molecule has 0 radical (unpaired) electrons. The number of nitrogens with two attached hydrogens (primary N) is 1. The molecule has 0 aromatic heterocycles. The molecule has 1 aliphatic heterocycles. The number of likely N-dealkylation sites (tertiary alicyclic amines) is 1. The first kappa shape index (κ1) is 15.3. The fraction of sp³-hybridized carbons (Fsp3) is 1.00. The minimum Gasteiger partial charge on any atom is -0.329 e. The summed E-state index contributed by atoms with van der Waals surface area (Å²) in [5, 5.41) is 0. The lowest BCUT2D eigenvalue weighted by Crippen LogP contribution is -2.42. The summed E-state index contributed by atoms with van der Waals surface area (Å²) < 4.78 is 0. The summed E-state index contributed by atoms with van der Waals surface area (Å²) in [7, 11) is 2.23. The molecule has 0 aliphatic carbocycles. The lowest BCUT2D eigenvalue weighted by molar-refractivity contribution is 0.205. The molecule has 2 N–H and O–H groups in total. The number of rotatable bonds is 9.